The summed E-state index contributed by atoms with van der Waals surface area (Å²) >= 11 is 6.64. The fourth-order valence-corrected chi connectivity index (χ4v) is 2.34. The molecule has 0 aliphatic rings. The molecule has 0 aliphatic carbocycles. The highest BCUT2D eigenvalue weighted by Gasteiger charge is 2.12. The van der Waals surface area contributed by atoms with Crippen LogP contribution in [0.3, 0.4) is 0 Å². The summed E-state index contributed by atoms with van der Waals surface area (Å²) in [6, 6.07) is 5.10. The number of hydrogen-bond acceptors (Lipinski definition) is 4. The molecule has 0 unspecified atom stereocenters. The Hall–Kier alpha value is -1.86. The fraction of sp³-hybridized carbons (Fsp3) is 0.0833. The van der Waals surface area contributed by atoms with Gasteiger partial charge in [0.05, 0.1) is 11.4 Å². The lowest BCUT2D eigenvalue weighted by Crippen LogP contribution is -2.14. The van der Waals surface area contributed by atoms with Crippen LogP contribution < -0.4 is 5.56 Å². The van der Waals surface area contributed by atoms with E-state index in [1.54, 1.807) is 0 Å². The molecule has 0 saturated carbocycles. The van der Waals surface area contributed by atoms with E-state index in [4.69, 9.17) is 16.7 Å². The molecule has 8 heteroatoms. The molecule has 20 heavy (non-hydrogen) atoms. The lowest BCUT2D eigenvalue weighted by Gasteiger charge is -2.12. The molecule has 0 spiro atoms. The molecule has 0 fully saturated rings. The molecule has 2 aromatic rings. The maximum Gasteiger partial charge on any atom is 0.313 e. The van der Waals surface area contributed by atoms with Crippen molar-refractivity contribution in [3.05, 3.63) is 51.7 Å². The predicted octanol–water partition coefficient (Wildman–Crippen LogP) is 2.20. The van der Waals surface area contributed by atoms with Crippen molar-refractivity contribution in [2.75, 3.05) is 5.75 Å². The number of halogens is 2. The van der Waals surface area contributed by atoms with E-state index >= 15 is 0 Å². The molecule has 1 aromatic heterocycles. The van der Waals surface area contributed by atoms with E-state index in [1.165, 1.54) is 29.0 Å². The standard InChI is InChI=1S/C12H8ClFN2O3S/c13-7-1-2-8(14)9(5-7)16-4-3-10(17)15-12(16)20-6-11(18)19/h1-5H,6H2,(H,18,19). The largest absolute Gasteiger partial charge is 0.481 e. The minimum absolute atomic E-state index is 0.0843. The number of carboxylic acid groups (broad SMARTS) is 1. The Kier molecular flexibility index (Phi) is 4.41. The summed E-state index contributed by atoms with van der Waals surface area (Å²) in [5, 5.41) is 9.07. The number of aromatic nitrogens is 2. The number of hydrogen-bond donors (Lipinski definition) is 1. The lowest BCUT2D eigenvalue weighted by molar-refractivity contribution is -0.133. The molecule has 0 aliphatic heterocycles. The number of carboxylic acids is 1. The first-order valence-corrected chi connectivity index (χ1v) is 6.73. The number of aliphatic carboxylic acids is 1. The molecule has 1 heterocycles. The van der Waals surface area contributed by atoms with Crippen molar-refractivity contribution < 1.29 is 14.3 Å². The normalized spacial score (nSPS) is 10.5. The SMILES string of the molecule is O=C(O)CSc1nc(=O)ccn1-c1cc(Cl)ccc1F. The summed E-state index contributed by atoms with van der Waals surface area (Å²) in [6.45, 7) is 0. The van der Waals surface area contributed by atoms with Gasteiger partial charge in [-0.05, 0) is 18.2 Å². The second kappa shape index (κ2) is 6.06. The van der Waals surface area contributed by atoms with E-state index < -0.39 is 17.3 Å². The van der Waals surface area contributed by atoms with Crippen molar-refractivity contribution in [1.29, 1.82) is 0 Å². The van der Waals surface area contributed by atoms with Gasteiger partial charge in [0.25, 0.3) is 5.56 Å². The van der Waals surface area contributed by atoms with Gasteiger partial charge in [0.1, 0.15) is 5.82 Å². The topological polar surface area (TPSA) is 72.2 Å². The number of thioether (sulfide) groups is 1. The Morgan fingerprint density at radius 3 is 2.90 bits per heavy atom. The van der Waals surface area contributed by atoms with Gasteiger partial charge in [0.2, 0.25) is 0 Å². The molecule has 0 amide bonds. The van der Waals surface area contributed by atoms with Crippen LogP contribution in [-0.2, 0) is 4.79 Å². The predicted molar refractivity (Wildman–Crippen MR) is 73.2 cm³/mol. The highest BCUT2D eigenvalue weighted by Crippen LogP contribution is 2.23. The van der Waals surface area contributed by atoms with Gasteiger partial charge in [-0.2, -0.15) is 4.98 Å². The molecular formula is C12H8ClFN2O3S. The second-order valence-electron chi connectivity index (χ2n) is 3.70. The Morgan fingerprint density at radius 1 is 1.45 bits per heavy atom. The quantitative estimate of drug-likeness (QED) is 0.692. The van der Waals surface area contributed by atoms with Crippen molar-refractivity contribution in [1.82, 2.24) is 9.55 Å². The first-order chi connectivity index (χ1) is 9.47. The summed E-state index contributed by atoms with van der Waals surface area (Å²) < 4.78 is 15.1. The van der Waals surface area contributed by atoms with Gasteiger partial charge in [0, 0.05) is 17.3 Å². The summed E-state index contributed by atoms with van der Waals surface area (Å²) in [5.74, 6) is -1.92. The average Bonchev–Trinajstić information content (AvgIpc) is 2.39. The van der Waals surface area contributed by atoms with Gasteiger partial charge >= 0.3 is 5.97 Å². The Labute approximate surface area is 122 Å². The van der Waals surface area contributed by atoms with Gasteiger partial charge in [-0.25, -0.2) is 4.39 Å². The van der Waals surface area contributed by atoms with Crippen LogP contribution in [0.1, 0.15) is 0 Å². The molecule has 0 saturated heterocycles. The van der Waals surface area contributed by atoms with Crippen molar-refractivity contribution >= 4 is 29.3 Å². The minimum Gasteiger partial charge on any atom is -0.481 e. The zero-order valence-electron chi connectivity index (χ0n) is 9.92. The Bertz CT molecular complexity index is 720. The molecule has 1 aromatic carbocycles. The van der Waals surface area contributed by atoms with Gasteiger partial charge in [0.15, 0.2) is 5.16 Å². The number of benzene rings is 1. The zero-order valence-corrected chi connectivity index (χ0v) is 11.5. The number of carbonyl (C=O) groups is 1. The van der Waals surface area contributed by atoms with E-state index in [-0.39, 0.29) is 16.6 Å². The van der Waals surface area contributed by atoms with Crippen LogP contribution in [0.15, 0.2) is 40.4 Å². The van der Waals surface area contributed by atoms with Gasteiger partial charge in [-0.1, -0.05) is 23.4 Å². The second-order valence-corrected chi connectivity index (χ2v) is 5.08. The molecule has 2 rings (SSSR count). The van der Waals surface area contributed by atoms with Crippen molar-refractivity contribution in [2.45, 2.75) is 5.16 Å². The molecule has 5 nitrogen and oxygen atoms in total. The molecule has 104 valence electrons. The summed E-state index contributed by atoms with van der Waals surface area (Å²) in [6.07, 6.45) is 1.33. The van der Waals surface area contributed by atoms with Gasteiger partial charge in [-0.3, -0.25) is 14.2 Å². The summed E-state index contributed by atoms with van der Waals surface area (Å²) in [7, 11) is 0. The minimum atomic E-state index is -1.06. The van der Waals surface area contributed by atoms with E-state index in [0.29, 0.717) is 5.02 Å². The number of rotatable bonds is 4. The van der Waals surface area contributed by atoms with Crippen LogP contribution in [0.5, 0.6) is 0 Å². The smallest absolute Gasteiger partial charge is 0.313 e. The molecule has 0 atom stereocenters. The average molecular weight is 315 g/mol. The molecule has 0 radical (unpaired) electrons. The van der Waals surface area contributed by atoms with Crippen molar-refractivity contribution in [2.24, 2.45) is 0 Å². The maximum absolute atomic E-state index is 13.8. The van der Waals surface area contributed by atoms with E-state index in [0.717, 1.165) is 17.8 Å². The third kappa shape index (κ3) is 3.37. The lowest BCUT2D eigenvalue weighted by atomic mass is 10.3. The van der Waals surface area contributed by atoms with E-state index in [2.05, 4.69) is 4.98 Å². The highest BCUT2D eigenvalue weighted by molar-refractivity contribution is 7.99. The van der Waals surface area contributed by atoms with Crippen LogP contribution in [0, 0.1) is 5.82 Å². The van der Waals surface area contributed by atoms with Crippen molar-refractivity contribution in [3.8, 4) is 5.69 Å². The zero-order chi connectivity index (χ0) is 14.7. The van der Waals surface area contributed by atoms with Gasteiger partial charge < -0.3 is 5.11 Å². The van der Waals surface area contributed by atoms with Crippen LogP contribution >= 0.6 is 23.4 Å². The first kappa shape index (κ1) is 14.5. The Morgan fingerprint density at radius 2 is 2.20 bits per heavy atom. The van der Waals surface area contributed by atoms with Crippen LogP contribution in [0.4, 0.5) is 4.39 Å². The molecular weight excluding hydrogens is 307 g/mol. The highest BCUT2D eigenvalue weighted by atomic mass is 35.5. The van der Waals surface area contributed by atoms with E-state index in [9.17, 15) is 14.0 Å². The first-order valence-electron chi connectivity index (χ1n) is 5.37. The molecule has 1 N–H and O–H groups in total. The van der Waals surface area contributed by atoms with Gasteiger partial charge in [-0.15, -0.1) is 0 Å². The fourth-order valence-electron chi connectivity index (χ4n) is 1.47. The summed E-state index contributed by atoms with van der Waals surface area (Å²) in [4.78, 5) is 25.6. The number of nitrogens with zero attached hydrogens (tertiary/aromatic N) is 2. The van der Waals surface area contributed by atoms with E-state index in [1.807, 2.05) is 0 Å². The van der Waals surface area contributed by atoms with Crippen molar-refractivity contribution in [3.63, 3.8) is 0 Å². The maximum atomic E-state index is 13.8. The van der Waals surface area contributed by atoms with Crippen LogP contribution in [-0.4, -0.2) is 26.4 Å². The molecule has 0 bridgehead atoms. The summed E-state index contributed by atoms with van der Waals surface area (Å²) in [5.41, 5.74) is -0.436. The third-order valence-corrected chi connectivity index (χ3v) is 3.44. The Balaban J connectivity index is 2.52. The van der Waals surface area contributed by atoms with Crippen LogP contribution in [0.25, 0.3) is 5.69 Å². The van der Waals surface area contributed by atoms with Crippen LogP contribution in [0.2, 0.25) is 5.02 Å². The third-order valence-electron chi connectivity index (χ3n) is 2.27. The monoisotopic (exact) mass is 314 g/mol.